The molecule has 0 saturated carbocycles. The highest BCUT2D eigenvalue weighted by Crippen LogP contribution is 2.24. The van der Waals surface area contributed by atoms with Crippen LogP contribution in [-0.4, -0.2) is 46.7 Å². The van der Waals surface area contributed by atoms with Crippen LogP contribution in [0.3, 0.4) is 0 Å². The molecule has 24 heavy (non-hydrogen) atoms. The summed E-state index contributed by atoms with van der Waals surface area (Å²) in [6.45, 7) is 2.58. The number of nitrogens with zero attached hydrogens (tertiary/aromatic N) is 3. The van der Waals surface area contributed by atoms with Crippen LogP contribution in [0.2, 0.25) is 0 Å². The number of aromatic nitrogens is 2. The zero-order valence-electron chi connectivity index (χ0n) is 13.6. The highest BCUT2D eigenvalue weighted by atomic mass is 19.1. The van der Waals surface area contributed by atoms with Gasteiger partial charge >= 0.3 is 0 Å². The van der Waals surface area contributed by atoms with Crippen molar-refractivity contribution < 1.29 is 13.9 Å². The van der Waals surface area contributed by atoms with E-state index >= 15 is 0 Å². The molecular weight excluding hydrogens is 311 g/mol. The number of benzene rings is 1. The predicted molar refractivity (Wildman–Crippen MR) is 86.6 cm³/mol. The Morgan fingerprint density at radius 3 is 2.79 bits per heavy atom. The first-order valence-electron chi connectivity index (χ1n) is 7.96. The number of rotatable bonds is 5. The van der Waals surface area contributed by atoms with Crippen molar-refractivity contribution in [3.05, 3.63) is 53.9 Å². The topological polar surface area (TPSA) is 59.4 Å². The number of hydrogen-bond acceptors (Lipinski definition) is 4. The van der Waals surface area contributed by atoms with Gasteiger partial charge in [-0.15, -0.1) is 0 Å². The van der Waals surface area contributed by atoms with E-state index in [9.17, 15) is 9.18 Å². The van der Waals surface area contributed by atoms with Gasteiger partial charge in [0.25, 0.3) is 0 Å². The SMILES string of the molecule is Cn1cnc(CNC(=O)C(c2ccccc2F)N2CCOCC2)c1. The molecular formula is C17H21FN4O2. The molecule has 1 aliphatic rings. The van der Waals surface area contributed by atoms with Crippen molar-refractivity contribution in [2.45, 2.75) is 12.6 Å². The Morgan fingerprint density at radius 1 is 1.38 bits per heavy atom. The van der Waals surface area contributed by atoms with Crippen molar-refractivity contribution in [3.63, 3.8) is 0 Å². The number of carbonyl (C=O) groups excluding carboxylic acids is 1. The van der Waals surface area contributed by atoms with Crippen LogP contribution < -0.4 is 5.32 Å². The number of nitrogens with one attached hydrogen (secondary N) is 1. The van der Waals surface area contributed by atoms with Gasteiger partial charge in [-0.2, -0.15) is 0 Å². The van der Waals surface area contributed by atoms with Crippen LogP contribution in [0.15, 0.2) is 36.8 Å². The number of aryl methyl sites for hydroxylation is 1. The lowest BCUT2D eigenvalue weighted by Gasteiger charge is -2.33. The van der Waals surface area contributed by atoms with Gasteiger partial charge in [0.1, 0.15) is 11.9 Å². The van der Waals surface area contributed by atoms with E-state index in [2.05, 4.69) is 10.3 Å². The first-order valence-corrected chi connectivity index (χ1v) is 7.96. The summed E-state index contributed by atoms with van der Waals surface area (Å²) in [4.78, 5) is 18.9. The Hall–Kier alpha value is -2.25. The number of imidazole rings is 1. The van der Waals surface area contributed by atoms with Crippen molar-refractivity contribution in [1.29, 1.82) is 0 Å². The van der Waals surface area contributed by atoms with Gasteiger partial charge in [0, 0.05) is 31.9 Å². The summed E-state index contributed by atoms with van der Waals surface area (Å²) >= 11 is 0. The second kappa shape index (κ2) is 7.55. The molecule has 128 valence electrons. The number of ether oxygens (including phenoxy) is 1. The molecule has 7 heteroatoms. The van der Waals surface area contributed by atoms with E-state index in [1.54, 1.807) is 24.5 Å². The molecule has 0 radical (unpaired) electrons. The van der Waals surface area contributed by atoms with Crippen LogP contribution in [0.25, 0.3) is 0 Å². The largest absolute Gasteiger partial charge is 0.379 e. The minimum Gasteiger partial charge on any atom is -0.379 e. The Labute approximate surface area is 140 Å². The van der Waals surface area contributed by atoms with Gasteiger partial charge < -0.3 is 14.6 Å². The lowest BCUT2D eigenvalue weighted by molar-refractivity contribution is -0.128. The maximum Gasteiger partial charge on any atom is 0.242 e. The first-order chi connectivity index (χ1) is 11.6. The lowest BCUT2D eigenvalue weighted by atomic mass is 10.0. The standard InChI is InChI=1S/C17H21FN4O2/c1-21-11-13(20-12-21)10-19-17(23)16(22-6-8-24-9-7-22)14-4-2-3-5-15(14)18/h2-5,11-12,16H,6-10H2,1H3,(H,19,23). The third-order valence-corrected chi connectivity index (χ3v) is 4.06. The number of carbonyl (C=O) groups is 1. The molecule has 0 bridgehead atoms. The average molecular weight is 332 g/mol. The highest BCUT2D eigenvalue weighted by molar-refractivity contribution is 5.83. The second-order valence-corrected chi connectivity index (χ2v) is 5.82. The number of hydrogen-bond donors (Lipinski definition) is 1. The Bertz CT molecular complexity index is 697. The molecule has 6 nitrogen and oxygen atoms in total. The van der Waals surface area contributed by atoms with Crippen molar-refractivity contribution in [2.24, 2.45) is 7.05 Å². The molecule has 1 atom stereocenters. The molecule has 0 aliphatic carbocycles. The quantitative estimate of drug-likeness (QED) is 0.895. The Balaban J connectivity index is 1.78. The summed E-state index contributed by atoms with van der Waals surface area (Å²) in [5, 5.41) is 2.87. The van der Waals surface area contributed by atoms with Crippen LogP contribution in [0, 0.1) is 5.82 Å². The van der Waals surface area contributed by atoms with E-state index in [0.29, 0.717) is 38.4 Å². The zero-order chi connectivity index (χ0) is 16.9. The summed E-state index contributed by atoms with van der Waals surface area (Å²) in [6.07, 6.45) is 3.52. The summed E-state index contributed by atoms with van der Waals surface area (Å²) in [6, 6.07) is 5.75. The maximum absolute atomic E-state index is 14.3. The van der Waals surface area contributed by atoms with E-state index in [-0.39, 0.29) is 11.7 Å². The Morgan fingerprint density at radius 2 is 2.12 bits per heavy atom. The van der Waals surface area contributed by atoms with Gasteiger partial charge in [-0.1, -0.05) is 18.2 Å². The fourth-order valence-electron chi connectivity index (χ4n) is 2.87. The van der Waals surface area contributed by atoms with E-state index in [4.69, 9.17) is 4.74 Å². The van der Waals surface area contributed by atoms with Gasteiger partial charge in [0.05, 0.1) is 31.8 Å². The average Bonchev–Trinajstić information content (AvgIpc) is 3.01. The summed E-state index contributed by atoms with van der Waals surface area (Å²) < 4.78 is 21.4. The molecule has 3 rings (SSSR count). The molecule has 2 aromatic rings. The van der Waals surface area contributed by atoms with Gasteiger partial charge in [-0.3, -0.25) is 9.69 Å². The second-order valence-electron chi connectivity index (χ2n) is 5.82. The Kier molecular flexibility index (Phi) is 5.22. The minimum atomic E-state index is -0.668. The molecule has 1 fully saturated rings. The van der Waals surface area contributed by atoms with Gasteiger partial charge in [0.15, 0.2) is 0 Å². The van der Waals surface area contributed by atoms with Crippen molar-refractivity contribution >= 4 is 5.91 Å². The molecule has 1 aliphatic heterocycles. The highest BCUT2D eigenvalue weighted by Gasteiger charge is 2.30. The number of morpholine rings is 1. The monoisotopic (exact) mass is 332 g/mol. The van der Waals surface area contributed by atoms with Gasteiger partial charge in [-0.05, 0) is 6.07 Å². The van der Waals surface area contributed by atoms with E-state index in [0.717, 1.165) is 5.69 Å². The third-order valence-electron chi connectivity index (χ3n) is 4.06. The van der Waals surface area contributed by atoms with E-state index in [1.807, 2.05) is 22.7 Å². The van der Waals surface area contributed by atoms with Crippen LogP contribution >= 0.6 is 0 Å². The van der Waals surface area contributed by atoms with Gasteiger partial charge in [-0.25, -0.2) is 9.37 Å². The number of amides is 1. The van der Waals surface area contributed by atoms with Crippen molar-refractivity contribution in [2.75, 3.05) is 26.3 Å². The minimum absolute atomic E-state index is 0.229. The van der Waals surface area contributed by atoms with E-state index in [1.165, 1.54) is 6.07 Å². The molecule has 1 aromatic heterocycles. The number of halogens is 1. The van der Waals surface area contributed by atoms with Crippen LogP contribution in [-0.2, 0) is 23.1 Å². The normalized spacial score (nSPS) is 16.8. The fourth-order valence-corrected chi connectivity index (χ4v) is 2.87. The summed E-state index contributed by atoms with van der Waals surface area (Å²) in [7, 11) is 1.87. The fraction of sp³-hybridized carbons (Fsp3) is 0.412. The van der Waals surface area contributed by atoms with Crippen LogP contribution in [0.4, 0.5) is 4.39 Å². The first kappa shape index (κ1) is 16.6. The van der Waals surface area contributed by atoms with Crippen molar-refractivity contribution in [3.8, 4) is 0 Å². The predicted octanol–water partition coefficient (Wildman–Crippen LogP) is 1.25. The molecule has 0 spiro atoms. The molecule has 2 heterocycles. The molecule has 1 saturated heterocycles. The molecule has 1 amide bonds. The zero-order valence-corrected chi connectivity index (χ0v) is 13.6. The van der Waals surface area contributed by atoms with E-state index < -0.39 is 6.04 Å². The maximum atomic E-state index is 14.3. The third kappa shape index (κ3) is 3.80. The molecule has 1 aromatic carbocycles. The van der Waals surface area contributed by atoms with Crippen LogP contribution in [0.1, 0.15) is 17.3 Å². The molecule has 1 N–H and O–H groups in total. The van der Waals surface area contributed by atoms with Crippen LogP contribution in [0.5, 0.6) is 0 Å². The summed E-state index contributed by atoms with van der Waals surface area (Å²) in [5.41, 5.74) is 1.15. The lowest BCUT2D eigenvalue weighted by Crippen LogP contribution is -2.46. The summed E-state index contributed by atoms with van der Waals surface area (Å²) in [5.74, 6) is -0.602. The van der Waals surface area contributed by atoms with Crippen molar-refractivity contribution in [1.82, 2.24) is 19.8 Å². The van der Waals surface area contributed by atoms with Gasteiger partial charge in [0.2, 0.25) is 5.91 Å². The smallest absolute Gasteiger partial charge is 0.242 e. The molecule has 1 unspecified atom stereocenters.